The Hall–Kier alpha value is -3.11. The maximum atomic E-state index is 12.7. The minimum Gasteiger partial charge on any atom is -0.481 e. The van der Waals surface area contributed by atoms with Gasteiger partial charge in [-0.3, -0.25) is 0 Å². The molecule has 1 heterocycles. The van der Waals surface area contributed by atoms with E-state index >= 15 is 0 Å². The van der Waals surface area contributed by atoms with Gasteiger partial charge in [0.05, 0.1) is 0 Å². The number of fused-ring (bicyclic) bond motifs is 1. The molecule has 0 radical (unpaired) electrons. The van der Waals surface area contributed by atoms with Crippen LogP contribution >= 0.6 is 10.5 Å². The molecule has 3 nitrogen and oxygen atoms in total. The summed E-state index contributed by atoms with van der Waals surface area (Å²) in [5.41, 5.74) is 4.61. The van der Waals surface area contributed by atoms with Crippen LogP contribution in [0.25, 0.3) is 15.0 Å². The molecule has 0 bridgehead atoms. The van der Waals surface area contributed by atoms with Gasteiger partial charge in [-0.2, -0.15) is 0 Å². The zero-order valence-electron chi connectivity index (χ0n) is 21.1. The number of hydrogen-bond acceptors (Lipinski definition) is 3. The number of benzene rings is 3. The molecule has 1 atom stereocenters. The van der Waals surface area contributed by atoms with Gasteiger partial charge in [0.2, 0.25) is 0 Å². The fourth-order valence-electron chi connectivity index (χ4n) is 4.63. The number of thiophene rings is 1. The fourth-order valence-corrected chi connectivity index (χ4v) is 7.02. The maximum Gasteiger partial charge on any atom is 0.345 e. The van der Waals surface area contributed by atoms with Gasteiger partial charge in [-0.15, -0.1) is 0 Å². The van der Waals surface area contributed by atoms with E-state index in [1.54, 1.807) is 0 Å². The lowest BCUT2D eigenvalue weighted by atomic mass is 9.94. The van der Waals surface area contributed by atoms with Gasteiger partial charge >= 0.3 is 5.97 Å². The predicted octanol–water partition coefficient (Wildman–Crippen LogP) is 7.98. The highest BCUT2D eigenvalue weighted by atomic mass is 32.2. The van der Waals surface area contributed by atoms with Crippen molar-refractivity contribution in [2.75, 3.05) is 6.61 Å². The van der Waals surface area contributed by atoms with Crippen molar-refractivity contribution < 1.29 is 14.3 Å². The summed E-state index contributed by atoms with van der Waals surface area (Å²) in [6, 6.07) is 21.5. The minimum absolute atomic E-state index is 0.0766. The lowest BCUT2D eigenvalue weighted by Gasteiger charge is -2.26. The van der Waals surface area contributed by atoms with Crippen LogP contribution in [-0.4, -0.2) is 12.6 Å². The van der Waals surface area contributed by atoms with Gasteiger partial charge in [0.15, 0.2) is 21.1 Å². The van der Waals surface area contributed by atoms with E-state index in [2.05, 4.69) is 81.4 Å². The van der Waals surface area contributed by atoms with E-state index in [0.29, 0.717) is 0 Å². The van der Waals surface area contributed by atoms with Crippen LogP contribution in [0.3, 0.4) is 0 Å². The summed E-state index contributed by atoms with van der Waals surface area (Å²) in [7, 11) is -0.0766. The van der Waals surface area contributed by atoms with Crippen LogP contribution in [0.4, 0.5) is 0 Å². The molecule has 3 aromatic carbocycles. The highest BCUT2D eigenvalue weighted by Crippen LogP contribution is 2.45. The average molecular weight is 474 g/mol. The quantitative estimate of drug-likeness (QED) is 0.210. The molecule has 0 N–H and O–H groups in total. The molecule has 0 aliphatic heterocycles. The first kappa shape index (κ1) is 24.0. The SMILES string of the molecule is Cc1cc(C)cc(C(C)(C)OC(=O)COc2c(C)cc(-[s+]3c(C)cc4ccccc43)cc2C)c1. The summed E-state index contributed by atoms with van der Waals surface area (Å²) in [6.45, 7) is 14.1. The molecular formula is C30H33O3S+. The second kappa shape index (κ2) is 9.27. The lowest BCUT2D eigenvalue weighted by Crippen LogP contribution is -2.29. The molecule has 4 heteroatoms. The van der Waals surface area contributed by atoms with Crippen LogP contribution < -0.4 is 4.74 Å². The lowest BCUT2D eigenvalue weighted by molar-refractivity contribution is -0.159. The number of carbonyl (C=O) groups is 1. The molecule has 0 amide bonds. The third-order valence-corrected chi connectivity index (χ3v) is 8.39. The Morgan fingerprint density at radius 1 is 0.853 bits per heavy atom. The molecule has 0 saturated carbocycles. The molecule has 4 rings (SSSR count). The van der Waals surface area contributed by atoms with E-state index in [0.717, 1.165) is 33.6 Å². The average Bonchev–Trinajstić information content (AvgIpc) is 3.07. The summed E-state index contributed by atoms with van der Waals surface area (Å²) < 4.78 is 13.2. The third kappa shape index (κ3) is 4.88. The summed E-state index contributed by atoms with van der Waals surface area (Å²) in [5.74, 6) is 0.375. The van der Waals surface area contributed by atoms with Gasteiger partial charge in [0.1, 0.15) is 11.4 Å². The Morgan fingerprint density at radius 2 is 1.47 bits per heavy atom. The van der Waals surface area contributed by atoms with Crippen molar-refractivity contribution in [2.45, 2.75) is 54.1 Å². The fraction of sp³-hybridized carbons (Fsp3) is 0.300. The zero-order valence-corrected chi connectivity index (χ0v) is 21.9. The van der Waals surface area contributed by atoms with Crippen LogP contribution in [0.2, 0.25) is 0 Å². The van der Waals surface area contributed by atoms with Crippen molar-refractivity contribution in [3.63, 3.8) is 0 Å². The molecule has 34 heavy (non-hydrogen) atoms. The molecule has 1 aromatic heterocycles. The number of rotatable bonds is 6. The second-order valence-corrected chi connectivity index (χ2v) is 11.8. The van der Waals surface area contributed by atoms with E-state index in [4.69, 9.17) is 9.47 Å². The monoisotopic (exact) mass is 473 g/mol. The van der Waals surface area contributed by atoms with Crippen molar-refractivity contribution in [1.82, 2.24) is 0 Å². The summed E-state index contributed by atoms with van der Waals surface area (Å²) >= 11 is 0. The molecule has 0 saturated heterocycles. The van der Waals surface area contributed by atoms with Crippen molar-refractivity contribution in [3.05, 3.63) is 93.4 Å². The second-order valence-electron chi connectivity index (χ2n) is 9.63. The molecule has 0 aliphatic carbocycles. The van der Waals surface area contributed by atoms with Gasteiger partial charge in [-0.25, -0.2) is 4.79 Å². The van der Waals surface area contributed by atoms with Crippen LogP contribution in [0.1, 0.15) is 46.5 Å². The molecule has 4 aromatic rings. The molecule has 1 unspecified atom stereocenters. The van der Waals surface area contributed by atoms with Crippen molar-refractivity contribution in [2.24, 2.45) is 0 Å². The highest BCUT2D eigenvalue weighted by molar-refractivity contribution is 7.45. The number of hydrogen-bond donors (Lipinski definition) is 0. The van der Waals surface area contributed by atoms with E-state index in [-0.39, 0.29) is 23.0 Å². The van der Waals surface area contributed by atoms with Gasteiger partial charge in [-0.1, -0.05) is 41.5 Å². The van der Waals surface area contributed by atoms with Gasteiger partial charge in [0.25, 0.3) is 0 Å². The van der Waals surface area contributed by atoms with Gasteiger partial charge < -0.3 is 9.47 Å². The number of carbonyl (C=O) groups excluding carboxylic acids is 1. The normalized spacial score (nSPS) is 12.1. The molecule has 0 spiro atoms. The number of ether oxygens (including phenoxy) is 2. The first-order chi connectivity index (χ1) is 16.0. The van der Waals surface area contributed by atoms with Crippen LogP contribution in [0, 0.1) is 34.6 Å². The molecule has 176 valence electrons. The Bertz CT molecular complexity index is 1330. The van der Waals surface area contributed by atoms with E-state index in [1.165, 1.54) is 19.9 Å². The third-order valence-electron chi connectivity index (χ3n) is 6.11. The summed E-state index contributed by atoms with van der Waals surface area (Å²) in [5, 5.41) is 1.30. The van der Waals surface area contributed by atoms with E-state index in [9.17, 15) is 4.79 Å². The van der Waals surface area contributed by atoms with Crippen molar-refractivity contribution >= 4 is 26.5 Å². The Balaban J connectivity index is 1.51. The predicted molar refractivity (Wildman–Crippen MR) is 143 cm³/mol. The summed E-state index contributed by atoms with van der Waals surface area (Å²) in [4.78, 5) is 15.3. The van der Waals surface area contributed by atoms with E-state index in [1.807, 2.05) is 27.7 Å². The zero-order chi connectivity index (χ0) is 24.6. The van der Waals surface area contributed by atoms with E-state index < -0.39 is 5.60 Å². The van der Waals surface area contributed by atoms with Crippen LogP contribution in [0.5, 0.6) is 5.75 Å². The Labute approximate surface area is 205 Å². The van der Waals surface area contributed by atoms with Gasteiger partial charge in [0, 0.05) is 41.0 Å². The molecule has 0 fully saturated rings. The van der Waals surface area contributed by atoms with Gasteiger partial charge in [-0.05, 0) is 70.4 Å². The Morgan fingerprint density at radius 3 is 2.12 bits per heavy atom. The standard InChI is InChI=1S/C30H33O3S/c1-19-12-20(2)14-25(13-19)30(6,7)33-28(31)18-32-29-21(3)15-26(16-22(29)4)34-23(5)17-24-10-8-9-11-27(24)34/h8-17H,18H2,1-7H3/q+1. The highest BCUT2D eigenvalue weighted by Gasteiger charge is 2.27. The largest absolute Gasteiger partial charge is 0.481 e. The number of esters is 1. The van der Waals surface area contributed by atoms with Crippen LogP contribution in [-0.2, 0) is 15.1 Å². The molecular weight excluding hydrogens is 440 g/mol. The smallest absolute Gasteiger partial charge is 0.345 e. The van der Waals surface area contributed by atoms with Crippen molar-refractivity contribution in [3.8, 4) is 10.6 Å². The maximum absolute atomic E-state index is 12.7. The first-order valence-corrected chi connectivity index (χ1v) is 12.8. The first-order valence-electron chi connectivity index (χ1n) is 11.6. The van der Waals surface area contributed by atoms with Crippen LogP contribution in [0.15, 0.2) is 60.7 Å². The molecule has 0 aliphatic rings. The minimum atomic E-state index is -0.730. The van der Waals surface area contributed by atoms with Crippen molar-refractivity contribution in [1.29, 1.82) is 0 Å². The number of aryl methyl sites for hydroxylation is 5. The summed E-state index contributed by atoms with van der Waals surface area (Å²) in [6.07, 6.45) is 0. The topological polar surface area (TPSA) is 35.5 Å². The Kier molecular flexibility index (Phi) is 6.55.